The molecule has 0 aliphatic rings. The molecule has 1 atom stereocenters. The van der Waals surface area contributed by atoms with Crippen molar-refractivity contribution in [3.05, 3.63) is 65.9 Å². The summed E-state index contributed by atoms with van der Waals surface area (Å²) in [5.74, 6) is 0. The number of hydrogen-bond acceptors (Lipinski definition) is 1. The van der Waals surface area contributed by atoms with Gasteiger partial charge in [-0.05, 0) is 68.7 Å². The average Bonchev–Trinajstić information content (AvgIpc) is 3.03. The van der Waals surface area contributed by atoms with Crippen LogP contribution in [0.1, 0.15) is 38.3 Å². The minimum Gasteiger partial charge on any atom is -0.347 e. The first-order valence-electron chi connectivity index (χ1n) is 9.74. The third kappa shape index (κ3) is 4.33. The van der Waals surface area contributed by atoms with Crippen molar-refractivity contribution < 1.29 is 0 Å². The molecule has 2 aromatic carbocycles. The summed E-state index contributed by atoms with van der Waals surface area (Å²) in [5, 5.41) is 5.53. The van der Waals surface area contributed by atoms with Crippen LogP contribution in [0, 0.1) is 6.92 Å². The van der Waals surface area contributed by atoms with Crippen molar-refractivity contribution in [2.24, 2.45) is 0 Å². The minimum absolute atomic E-state index is 0.360. The van der Waals surface area contributed by atoms with E-state index in [9.17, 15) is 0 Å². The Kier molecular flexibility index (Phi) is 6.17. The van der Waals surface area contributed by atoms with Crippen LogP contribution in [-0.4, -0.2) is 20.6 Å². The van der Waals surface area contributed by atoms with Gasteiger partial charge in [-0.25, -0.2) is 0 Å². The molecule has 0 bridgehead atoms. The van der Waals surface area contributed by atoms with Gasteiger partial charge in [0.2, 0.25) is 0 Å². The molecule has 4 heteroatoms. The van der Waals surface area contributed by atoms with Crippen LogP contribution in [0.3, 0.4) is 0 Å². The Hall–Kier alpha value is -2.33. The predicted octanol–water partition coefficient (Wildman–Crippen LogP) is 5.97. The van der Waals surface area contributed by atoms with Gasteiger partial charge in [0.05, 0.1) is 0 Å². The number of nitrogens with one attached hydrogen (secondary N) is 1. The van der Waals surface area contributed by atoms with Gasteiger partial charge in [0.1, 0.15) is 0 Å². The molecule has 0 amide bonds. The fraction of sp³-hybridized carbons (Fsp3) is 0.348. The zero-order valence-electron chi connectivity index (χ0n) is 16.7. The Balaban J connectivity index is 1.89. The molecule has 1 aromatic heterocycles. The van der Waals surface area contributed by atoms with Gasteiger partial charge >= 0.3 is 0 Å². The lowest BCUT2D eigenvalue weighted by Crippen LogP contribution is -2.40. The summed E-state index contributed by atoms with van der Waals surface area (Å²) in [6.45, 7) is 10.5. The number of benzene rings is 2. The summed E-state index contributed by atoms with van der Waals surface area (Å²) in [7, 11) is 0. The van der Waals surface area contributed by atoms with E-state index in [4.69, 9.17) is 12.2 Å². The van der Waals surface area contributed by atoms with Crippen molar-refractivity contribution >= 4 is 33.9 Å². The fourth-order valence-electron chi connectivity index (χ4n) is 3.46. The SMILES string of the molecule is CC[C@H](C)N(Cc1cn(CC)c2ccccc12)C(=S)Nc1cccc(C)c1. The van der Waals surface area contributed by atoms with Crippen LogP contribution in [0.5, 0.6) is 0 Å². The number of anilines is 1. The number of nitrogens with zero attached hydrogens (tertiary/aromatic N) is 2. The lowest BCUT2D eigenvalue weighted by Gasteiger charge is -2.31. The van der Waals surface area contributed by atoms with Crippen LogP contribution in [0.15, 0.2) is 54.7 Å². The van der Waals surface area contributed by atoms with Crippen LogP contribution in [-0.2, 0) is 13.1 Å². The van der Waals surface area contributed by atoms with Gasteiger partial charge in [-0.1, -0.05) is 37.3 Å². The van der Waals surface area contributed by atoms with E-state index >= 15 is 0 Å². The van der Waals surface area contributed by atoms with E-state index in [2.05, 4.69) is 97.2 Å². The molecule has 0 saturated carbocycles. The van der Waals surface area contributed by atoms with Gasteiger partial charge in [-0.15, -0.1) is 0 Å². The zero-order valence-corrected chi connectivity index (χ0v) is 17.5. The van der Waals surface area contributed by atoms with Crippen LogP contribution >= 0.6 is 12.2 Å². The largest absolute Gasteiger partial charge is 0.347 e. The number of para-hydroxylation sites is 1. The van der Waals surface area contributed by atoms with Crippen molar-refractivity contribution in [2.75, 3.05) is 5.32 Å². The van der Waals surface area contributed by atoms with Gasteiger partial charge in [0.25, 0.3) is 0 Å². The van der Waals surface area contributed by atoms with Crippen molar-refractivity contribution in [1.29, 1.82) is 0 Å². The summed E-state index contributed by atoms with van der Waals surface area (Å²) in [4.78, 5) is 2.30. The second-order valence-corrected chi connectivity index (χ2v) is 7.53. The van der Waals surface area contributed by atoms with E-state index in [1.165, 1.54) is 22.0 Å². The molecule has 1 N–H and O–H groups in total. The molecule has 0 aliphatic carbocycles. The molecule has 27 heavy (non-hydrogen) atoms. The molecule has 1 heterocycles. The van der Waals surface area contributed by atoms with Crippen LogP contribution < -0.4 is 5.32 Å². The second kappa shape index (κ2) is 8.57. The Bertz CT molecular complexity index is 928. The third-order valence-electron chi connectivity index (χ3n) is 5.21. The number of aromatic nitrogens is 1. The highest BCUT2D eigenvalue weighted by Gasteiger charge is 2.19. The highest BCUT2D eigenvalue weighted by atomic mass is 32.1. The quantitative estimate of drug-likeness (QED) is 0.533. The molecule has 0 aliphatic heterocycles. The van der Waals surface area contributed by atoms with E-state index in [-0.39, 0.29) is 0 Å². The molecule has 142 valence electrons. The number of rotatable bonds is 6. The molecular formula is C23H29N3S. The normalized spacial score (nSPS) is 12.1. The summed E-state index contributed by atoms with van der Waals surface area (Å²) in [6, 6.07) is 17.3. The van der Waals surface area contributed by atoms with Crippen LogP contribution in [0.2, 0.25) is 0 Å². The number of thiocarbonyl (C=S) groups is 1. The predicted molar refractivity (Wildman–Crippen MR) is 120 cm³/mol. The second-order valence-electron chi connectivity index (χ2n) is 7.14. The van der Waals surface area contributed by atoms with Crippen molar-refractivity contribution in [2.45, 2.75) is 53.2 Å². The van der Waals surface area contributed by atoms with Crippen molar-refractivity contribution in [1.82, 2.24) is 9.47 Å². The average molecular weight is 380 g/mol. The number of hydrogen-bond donors (Lipinski definition) is 1. The first-order valence-corrected chi connectivity index (χ1v) is 10.1. The highest BCUT2D eigenvalue weighted by Crippen LogP contribution is 2.24. The number of fused-ring (bicyclic) bond motifs is 1. The molecule has 0 radical (unpaired) electrons. The van der Waals surface area contributed by atoms with Gasteiger partial charge in [-0.3, -0.25) is 0 Å². The summed E-state index contributed by atoms with van der Waals surface area (Å²) in [5.41, 5.74) is 4.88. The summed E-state index contributed by atoms with van der Waals surface area (Å²) >= 11 is 5.81. The molecular weight excluding hydrogens is 350 g/mol. The Morgan fingerprint density at radius 1 is 1.15 bits per heavy atom. The van der Waals surface area contributed by atoms with Crippen LogP contribution in [0.25, 0.3) is 10.9 Å². The molecule has 0 saturated heterocycles. The number of aryl methyl sites for hydroxylation is 2. The Morgan fingerprint density at radius 3 is 2.63 bits per heavy atom. The fourth-order valence-corrected chi connectivity index (χ4v) is 3.82. The minimum atomic E-state index is 0.360. The molecule has 0 spiro atoms. The van der Waals surface area contributed by atoms with E-state index < -0.39 is 0 Å². The van der Waals surface area contributed by atoms with Crippen molar-refractivity contribution in [3.8, 4) is 0 Å². The smallest absolute Gasteiger partial charge is 0.173 e. The Morgan fingerprint density at radius 2 is 1.93 bits per heavy atom. The van der Waals surface area contributed by atoms with Gasteiger partial charge < -0.3 is 14.8 Å². The molecule has 3 nitrogen and oxygen atoms in total. The van der Waals surface area contributed by atoms with E-state index in [0.29, 0.717) is 6.04 Å². The zero-order chi connectivity index (χ0) is 19.4. The topological polar surface area (TPSA) is 20.2 Å². The molecule has 3 rings (SSSR count). The third-order valence-corrected chi connectivity index (χ3v) is 5.54. The lowest BCUT2D eigenvalue weighted by molar-refractivity contribution is 0.320. The van der Waals surface area contributed by atoms with E-state index in [1.807, 2.05) is 0 Å². The first-order chi connectivity index (χ1) is 13.0. The monoisotopic (exact) mass is 379 g/mol. The standard InChI is InChI=1S/C23H29N3S/c1-5-18(4)26(23(27)24-20-11-9-10-17(3)14-20)16-19-15-25(6-2)22-13-8-7-12-21(19)22/h7-15,18H,5-6,16H2,1-4H3,(H,24,27)/t18-/m0/s1. The molecule has 0 fully saturated rings. The first kappa shape index (κ1) is 19.4. The van der Waals surface area contributed by atoms with E-state index in [1.54, 1.807) is 0 Å². The maximum absolute atomic E-state index is 5.81. The van der Waals surface area contributed by atoms with Gasteiger partial charge in [-0.2, -0.15) is 0 Å². The van der Waals surface area contributed by atoms with Gasteiger partial charge in [0, 0.05) is 41.9 Å². The maximum atomic E-state index is 5.81. The van der Waals surface area contributed by atoms with E-state index in [0.717, 1.165) is 30.3 Å². The molecule has 3 aromatic rings. The van der Waals surface area contributed by atoms with Crippen LogP contribution in [0.4, 0.5) is 5.69 Å². The summed E-state index contributed by atoms with van der Waals surface area (Å²) < 4.78 is 2.32. The van der Waals surface area contributed by atoms with Crippen molar-refractivity contribution in [3.63, 3.8) is 0 Å². The highest BCUT2D eigenvalue weighted by molar-refractivity contribution is 7.80. The van der Waals surface area contributed by atoms with Gasteiger partial charge in [0.15, 0.2) is 5.11 Å². The summed E-state index contributed by atoms with van der Waals surface area (Å²) in [6.07, 6.45) is 3.32. The Labute approximate surface area is 168 Å². The maximum Gasteiger partial charge on any atom is 0.173 e. The lowest BCUT2D eigenvalue weighted by atomic mass is 10.1. The molecule has 0 unspecified atom stereocenters.